The van der Waals surface area contributed by atoms with Crippen LogP contribution in [0.4, 0.5) is 0 Å². The van der Waals surface area contributed by atoms with Crippen LogP contribution in [0.2, 0.25) is 0 Å². The molecule has 2 aliphatic heterocycles. The standard InChI is InChI=1S/C29H43N5O4/c1-22(2)21-34(25-17-24(18-30-19-25)28(35)32-12-15-38-16-13-32)29(36)26-20-31-27(23-9-5-4-6-10-23)33(26)11-7-8-14-37-3/h4-6,9-10,20,22,24-25,30H,7-8,11-19,21H2,1-3H3/t24-,25+/m1/s1. The Bertz CT molecular complexity index is 1030. The summed E-state index contributed by atoms with van der Waals surface area (Å²) in [5.41, 5.74) is 1.59. The highest BCUT2D eigenvalue weighted by Crippen LogP contribution is 2.25. The SMILES string of the molecule is COCCCCn1c(C(=O)N(CC(C)C)[C@@H]2CNC[C@H](C(=O)N3CCOCC3)C2)cnc1-c1ccccc1. The van der Waals surface area contributed by atoms with Crippen molar-refractivity contribution in [2.75, 3.05) is 59.7 Å². The molecule has 2 amide bonds. The number of hydrogen-bond acceptors (Lipinski definition) is 6. The molecule has 4 rings (SSSR count). The third-order valence-electron chi connectivity index (χ3n) is 7.35. The Kier molecular flexibility index (Phi) is 10.3. The number of carbonyl (C=O) groups excluding carboxylic acids is 2. The number of ether oxygens (including phenoxy) is 2. The number of hydrogen-bond donors (Lipinski definition) is 1. The minimum atomic E-state index is -0.145. The molecule has 208 valence electrons. The first-order valence-corrected chi connectivity index (χ1v) is 14.0. The molecule has 2 aromatic rings. The Labute approximate surface area is 226 Å². The molecule has 0 bridgehead atoms. The van der Waals surface area contributed by atoms with Crippen LogP contribution < -0.4 is 5.32 Å². The van der Waals surface area contributed by atoms with Gasteiger partial charge in [0.05, 0.1) is 25.3 Å². The van der Waals surface area contributed by atoms with Gasteiger partial charge in [-0.2, -0.15) is 0 Å². The molecule has 1 aromatic heterocycles. The Hall–Kier alpha value is -2.75. The van der Waals surface area contributed by atoms with Gasteiger partial charge < -0.3 is 29.2 Å². The second-order valence-electron chi connectivity index (χ2n) is 10.7. The zero-order chi connectivity index (χ0) is 26.9. The first kappa shape index (κ1) is 28.3. The predicted molar refractivity (Wildman–Crippen MR) is 147 cm³/mol. The van der Waals surface area contributed by atoms with Gasteiger partial charge in [-0.25, -0.2) is 4.98 Å². The first-order valence-electron chi connectivity index (χ1n) is 14.0. The molecule has 38 heavy (non-hydrogen) atoms. The topological polar surface area (TPSA) is 88.9 Å². The molecule has 0 radical (unpaired) electrons. The highest BCUT2D eigenvalue weighted by Gasteiger charge is 2.36. The van der Waals surface area contributed by atoms with Crippen molar-refractivity contribution >= 4 is 11.8 Å². The van der Waals surface area contributed by atoms with Crippen molar-refractivity contribution in [3.8, 4) is 11.4 Å². The summed E-state index contributed by atoms with van der Waals surface area (Å²) in [5.74, 6) is 1.09. The lowest BCUT2D eigenvalue weighted by Crippen LogP contribution is -2.56. The van der Waals surface area contributed by atoms with Crippen molar-refractivity contribution in [1.82, 2.24) is 24.7 Å². The number of morpholine rings is 1. The number of aromatic nitrogens is 2. The van der Waals surface area contributed by atoms with Gasteiger partial charge in [0.25, 0.3) is 5.91 Å². The van der Waals surface area contributed by atoms with E-state index in [0.717, 1.165) is 24.2 Å². The van der Waals surface area contributed by atoms with Crippen LogP contribution in [0, 0.1) is 11.8 Å². The normalized spacial score (nSPS) is 20.1. The molecule has 2 atom stereocenters. The zero-order valence-electron chi connectivity index (χ0n) is 23.1. The summed E-state index contributed by atoms with van der Waals surface area (Å²) in [6.07, 6.45) is 4.18. The van der Waals surface area contributed by atoms with E-state index >= 15 is 0 Å². The molecular weight excluding hydrogens is 482 g/mol. The van der Waals surface area contributed by atoms with E-state index in [9.17, 15) is 9.59 Å². The van der Waals surface area contributed by atoms with E-state index in [4.69, 9.17) is 14.5 Å². The van der Waals surface area contributed by atoms with Crippen LogP contribution in [-0.2, 0) is 20.8 Å². The highest BCUT2D eigenvalue weighted by molar-refractivity contribution is 5.93. The Morgan fingerprint density at radius 3 is 2.63 bits per heavy atom. The van der Waals surface area contributed by atoms with Gasteiger partial charge in [-0.05, 0) is 25.2 Å². The van der Waals surface area contributed by atoms with Gasteiger partial charge in [0, 0.05) is 64.6 Å². The molecule has 2 aliphatic rings. The van der Waals surface area contributed by atoms with Gasteiger partial charge in [-0.3, -0.25) is 9.59 Å². The maximum atomic E-state index is 14.2. The van der Waals surface area contributed by atoms with Gasteiger partial charge in [0.15, 0.2) is 0 Å². The van der Waals surface area contributed by atoms with E-state index in [1.54, 1.807) is 13.3 Å². The number of rotatable bonds is 11. The lowest BCUT2D eigenvalue weighted by molar-refractivity contribution is -0.140. The van der Waals surface area contributed by atoms with E-state index in [0.29, 0.717) is 77.1 Å². The number of amides is 2. The molecule has 0 spiro atoms. The Morgan fingerprint density at radius 1 is 1.16 bits per heavy atom. The van der Waals surface area contributed by atoms with Crippen LogP contribution in [0.25, 0.3) is 11.4 Å². The number of piperidine rings is 1. The second-order valence-corrected chi connectivity index (χ2v) is 10.7. The van der Waals surface area contributed by atoms with E-state index in [-0.39, 0.29) is 23.8 Å². The minimum Gasteiger partial charge on any atom is -0.385 e. The van der Waals surface area contributed by atoms with Crippen molar-refractivity contribution in [2.24, 2.45) is 11.8 Å². The lowest BCUT2D eigenvalue weighted by atomic mass is 9.92. The van der Waals surface area contributed by atoms with Gasteiger partial charge in [-0.15, -0.1) is 0 Å². The summed E-state index contributed by atoms with van der Waals surface area (Å²) in [7, 11) is 1.71. The van der Waals surface area contributed by atoms with Crippen LogP contribution in [-0.4, -0.2) is 96.9 Å². The number of benzene rings is 1. The van der Waals surface area contributed by atoms with Crippen LogP contribution in [0.1, 0.15) is 43.6 Å². The number of nitrogens with one attached hydrogen (secondary N) is 1. The van der Waals surface area contributed by atoms with Crippen LogP contribution in [0.15, 0.2) is 36.5 Å². The van der Waals surface area contributed by atoms with Gasteiger partial charge >= 0.3 is 0 Å². The monoisotopic (exact) mass is 525 g/mol. The largest absolute Gasteiger partial charge is 0.385 e. The van der Waals surface area contributed by atoms with E-state index in [1.807, 2.05) is 40.1 Å². The maximum Gasteiger partial charge on any atom is 0.272 e. The van der Waals surface area contributed by atoms with E-state index < -0.39 is 0 Å². The van der Waals surface area contributed by atoms with Crippen LogP contribution in [0.5, 0.6) is 0 Å². The Morgan fingerprint density at radius 2 is 1.92 bits per heavy atom. The number of methoxy groups -OCH3 is 1. The van der Waals surface area contributed by atoms with E-state index in [1.165, 1.54) is 0 Å². The van der Waals surface area contributed by atoms with Crippen molar-refractivity contribution in [1.29, 1.82) is 0 Å². The van der Waals surface area contributed by atoms with Crippen molar-refractivity contribution in [3.05, 3.63) is 42.2 Å². The molecule has 0 unspecified atom stereocenters. The van der Waals surface area contributed by atoms with E-state index in [2.05, 4.69) is 23.7 Å². The molecule has 0 aliphatic carbocycles. The fourth-order valence-electron chi connectivity index (χ4n) is 5.43. The second kappa shape index (κ2) is 13.9. The fourth-order valence-corrected chi connectivity index (χ4v) is 5.43. The predicted octanol–water partition coefficient (Wildman–Crippen LogP) is 2.91. The summed E-state index contributed by atoms with van der Waals surface area (Å²) in [6, 6.07) is 9.96. The molecule has 1 aromatic carbocycles. The smallest absolute Gasteiger partial charge is 0.272 e. The Balaban J connectivity index is 1.58. The van der Waals surface area contributed by atoms with Gasteiger partial charge in [0.2, 0.25) is 5.91 Å². The minimum absolute atomic E-state index is 0.0219. The molecule has 3 heterocycles. The van der Waals surface area contributed by atoms with Crippen LogP contribution >= 0.6 is 0 Å². The highest BCUT2D eigenvalue weighted by atomic mass is 16.5. The maximum absolute atomic E-state index is 14.2. The lowest BCUT2D eigenvalue weighted by Gasteiger charge is -2.40. The summed E-state index contributed by atoms with van der Waals surface area (Å²) in [5, 5.41) is 3.45. The number of carbonyl (C=O) groups is 2. The summed E-state index contributed by atoms with van der Waals surface area (Å²) < 4.78 is 12.7. The number of unbranched alkanes of at least 4 members (excludes halogenated alkanes) is 1. The zero-order valence-corrected chi connectivity index (χ0v) is 23.1. The number of nitrogens with zero attached hydrogens (tertiary/aromatic N) is 4. The molecule has 1 N–H and O–H groups in total. The quantitative estimate of drug-likeness (QED) is 0.454. The third kappa shape index (κ3) is 7.01. The molecule has 0 saturated carbocycles. The first-order chi connectivity index (χ1) is 18.5. The molecule has 2 fully saturated rings. The van der Waals surface area contributed by atoms with Crippen molar-refractivity contribution in [2.45, 2.75) is 45.7 Å². The van der Waals surface area contributed by atoms with Crippen molar-refractivity contribution in [3.63, 3.8) is 0 Å². The molecule has 9 heteroatoms. The summed E-state index contributed by atoms with van der Waals surface area (Å²) >= 11 is 0. The van der Waals surface area contributed by atoms with Gasteiger partial charge in [-0.1, -0.05) is 44.2 Å². The molecular formula is C29H43N5O4. The third-order valence-corrected chi connectivity index (χ3v) is 7.35. The summed E-state index contributed by atoms with van der Waals surface area (Å²) in [6.45, 7) is 10.0. The average Bonchev–Trinajstić information content (AvgIpc) is 3.38. The summed E-state index contributed by atoms with van der Waals surface area (Å²) in [4.78, 5) is 36.1. The molecule has 2 saturated heterocycles. The van der Waals surface area contributed by atoms with Gasteiger partial charge in [0.1, 0.15) is 11.5 Å². The average molecular weight is 526 g/mol. The number of imidazole rings is 1. The fraction of sp³-hybridized carbons (Fsp3) is 0.621. The molecule has 9 nitrogen and oxygen atoms in total. The van der Waals surface area contributed by atoms with Crippen LogP contribution in [0.3, 0.4) is 0 Å². The van der Waals surface area contributed by atoms with Crippen molar-refractivity contribution < 1.29 is 19.1 Å².